The molecule has 1 saturated carbocycles. The quantitative estimate of drug-likeness (QED) is 0.307. The van der Waals surface area contributed by atoms with E-state index < -0.39 is 27.4 Å². The number of urea groups is 1. The number of ether oxygens (including phenoxy) is 1. The lowest BCUT2D eigenvalue weighted by atomic mass is 9.90. The fourth-order valence-electron chi connectivity index (χ4n) is 4.27. The topological polar surface area (TPSA) is 117 Å². The summed E-state index contributed by atoms with van der Waals surface area (Å²) in [6, 6.07) is 4.18. The van der Waals surface area contributed by atoms with Gasteiger partial charge in [-0.15, -0.1) is 0 Å². The Morgan fingerprint density at radius 3 is 2.70 bits per heavy atom. The fourth-order valence-corrected chi connectivity index (χ4v) is 5.85. The Morgan fingerprint density at radius 2 is 2.03 bits per heavy atom. The van der Waals surface area contributed by atoms with Gasteiger partial charge in [0.1, 0.15) is 6.54 Å². The molecule has 182 valence electrons. The normalized spacial score (nSPS) is 23.2. The first-order valence-electron chi connectivity index (χ1n) is 11.5. The molecule has 0 aromatic heterocycles. The molecule has 1 aliphatic carbocycles. The molecule has 0 spiro atoms. The summed E-state index contributed by atoms with van der Waals surface area (Å²) in [6.07, 6.45) is 4.40. The summed E-state index contributed by atoms with van der Waals surface area (Å²) in [7, 11) is -3.60. The number of unbranched alkanes of at least 4 members (excludes halogenated alkanes) is 2. The molecule has 0 radical (unpaired) electrons. The number of rotatable bonds is 12. The van der Waals surface area contributed by atoms with Crippen LogP contribution in [0.5, 0.6) is 5.75 Å². The maximum atomic E-state index is 14.3. The molecule has 2 aliphatic heterocycles. The molecule has 1 aromatic rings. The van der Waals surface area contributed by atoms with E-state index in [0.717, 1.165) is 12.8 Å². The highest BCUT2D eigenvalue weighted by molar-refractivity contribution is 7.89. The van der Waals surface area contributed by atoms with E-state index >= 15 is 0 Å². The Labute approximate surface area is 193 Å². The Bertz CT molecular complexity index is 993. The Morgan fingerprint density at radius 1 is 1.21 bits per heavy atom. The van der Waals surface area contributed by atoms with E-state index in [1.807, 2.05) is 0 Å². The van der Waals surface area contributed by atoms with Crippen molar-refractivity contribution in [1.82, 2.24) is 20.3 Å². The van der Waals surface area contributed by atoms with E-state index in [1.165, 1.54) is 11.0 Å². The predicted molar refractivity (Wildman–Crippen MR) is 120 cm³/mol. The molecular formula is C22H31FN4O5S. The van der Waals surface area contributed by atoms with Crippen LogP contribution in [0.15, 0.2) is 18.2 Å². The van der Waals surface area contributed by atoms with Crippen molar-refractivity contribution in [2.75, 3.05) is 38.5 Å². The number of nitrogens with one attached hydrogen (secondary N) is 3. The third kappa shape index (κ3) is 6.21. The van der Waals surface area contributed by atoms with Crippen LogP contribution >= 0.6 is 0 Å². The van der Waals surface area contributed by atoms with Gasteiger partial charge in [-0.3, -0.25) is 10.1 Å². The van der Waals surface area contributed by atoms with Gasteiger partial charge in [-0.2, -0.15) is 0 Å². The smallest absolute Gasteiger partial charge is 0.324 e. The number of hydrogen-bond acceptors (Lipinski definition) is 6. The van der Waals surface area contributed by atoms with Gasteiger partial charge in [0.2, 0.25) is 15.9 Å². The van der Waals surface area contributed by atoms with Gasteiger partial charge >= 0.3 is 6.03 Å². The zero-order valence-electron chi connectivity index (χ0n) is 18.6. The van der Waals surface area contributed by atoms with E-state index in [1.54, 1.807) is 12.1 Å². The maximum absolute atomic E-state index is 14.3. The molecule has 1 aromatic carbocycles. The lowest BCUT2D eigenvalue weighted by Crippen LogP contribution is -2.48. The van der Waals surface area contributed by atoms with Crippen molar-refractivity contribution in [1.29, 1.82) is 0 Å². The average molecular weight is 483 g/mol. The summed E-state index contributed by atoms with van der Waals surface area (Å²) < 4.78 is 48.6. The summed E-state index contributed by atoms with van der Waals surface area (Å²) in [5.41, 5.74) is -0.161. The Balaban J connectivity index is 1.33. The highest BCUT2D eigenvalue weighted by Gasteiger charge is 2.39. The van der Waals surface area contributed by atoms with E-state index in [-0.39, 0.29) is 24.0 Å². The van der Waals surface area contributed by atoms with Crippen molar-refractivity contribution >= 4 is 22.0 Å². The van der Waals surface area contributed by atoms with Gasteiger partial charge in [0.25, 0.3) is 0 Å². The molecule has 11 heteroatoms. The lowest BCUT2D eigenvalue weighted by molar-refractivity contribution is -0.118. The Hall–Kier alpha value is -2.24. The van der Waals surface area contributed by atoms with Crippen molar-refractivity contribution in [3.05, 3.63) is 29.6 Å². The van der Waals surface area contributed by atoms with E-state index in [0.29, 0.717) is 63.4 Å². The number of amides is 3. The molecule has 3 amide bonds. The zero-order valence-corrected chi connectivity index (χ0v) is 19.4. The van der Waals surface area contributed by atoms with Crippen molar-refractivity contribution in [3.8, 4) is 5.75 Å². The van der Waals surface area contributed by atoms with Gasteiger partial charge in [-0.25, -0.2) is 22.3 Å². The molecule has 2 saturated heterocycles. The molecule has 0 bridgehead atoms. The lowest BCUT2D eigenvalue weighted by Gasteiger charge is -2.30. The van der Waals surface area contributed by atoms with Crippen molar-refractivity contribution < 1.29 is 27.1 Å². The van der Waals surface area contributed by atoms with Crippen LogP contribution in [0.4, 0.5) is 9.18 Å². The number of carbonyl (C=O) groups excluding carboxylic acids is 2. The second-order valence-electron chi connectivity index (χ2n) is 9.16. The van der Waals surface area contributed by atoms with Crippen LogP contribution in [0.2, 0.25) is 0 Å². The molecule has 9 nitrogen and oxygen atoms in total. The van der Waals surface area contributed by atoms with E-state index in [4.69, 9.17) is 4.74 Å². The highest BCUT2D eigenvalue weighted by atomic mass is 32.2. The SMILES string of the molecule is O=C1CN(CCCCCS(=O)(=O)NC2(c3ccc(F)c(OCC4CC4)c3)CCNC2)C(=O)N1. The zero-order chi connectivity index (χ0) is 23.5. The first-order chi connectivity index (χ1) is 15.8. The molecule has 1 unspecified atom stereocenters. The van der Waals surface area contributed by atoms with Crippen LogP contribution in [0.3, 0.4) is 0 Å². The molecule has 1 atom stereocenters. The van der Waals surface area contributed by atoms with Crippen LogP contribution in [0.25, 0.3) is 0 Å². The van der Waals surface area contributed by atoms with Gasteiger partial charge in [0.05, 0.1) is 17.9 Å². The molecule has 2 heterocycles. The average Bonchev–Trinajstić information content (AvgIpc) is 3.38. The van der Waals surface area contributed by atoms with Crippen LogP contribution in [-0.4, -0.2) is 63.8 Å². The van der Waals surface area contributed by atoms with E-state index in [9.17, 15) is 22.4 Å². The van der Waals surface area contributed by atoms with E-state index in [2.05, 4.69) is 15.4 Å². The van der Waals surface area contributed by atoms with Gasteiger partial charge < -0.3 is 15.0 Å². The monoisotopic (exact) mass is 482 g/mol. The molecular weight excluding hydrogens is 451 g/mol. The highest BCUT2D eigenvalue weighted by Crippen LogP contribution is 2.34. The number of sulfonamides is 1. The minimum Gasteiger partial charge on any atom is -0.490 e. The minimum atomic E-state index is -3.60. The van der Waals surface area contributed by atoms with Gasteiger partial charge in [-0.1, -0.05) is 12.5 Å². The third-order valence-electron chi connectivity index (χ3n) is 6.37. The van der Waals surface area contributed by atoms with Crippen LogP contribution in [-0.2, 0) is 20.4 Å². The largest absolute Gasteiger partial charge is 0.490 e. The number of benzene rings is 1. The molecule has 4 rings (SSSR count). The predicted octanol–water partition coefficient (Wildman–Crippen LogP) is 1.44. The second kappa shape index (κ2) is 9.94. The number of carbonyl (C=O) groups is 2. The second-order valence-corrected chi connectivity index (χ2v) is 11.0. The number of hydrogen-bond donors (Lipinski definition) is 3. The van der Waals surface area contributed by atoms with Crippen molar-refractivity contribution in [2.24, 2.45) is 5.92 Å². The van der Waals surface area contributed by atoms with Crippen LogP contribution in [0, 0.1) is 11.7 Å². The molecule has 33 heavy (non-hydrogen) atoms. The number of halogens is 1. The van der Waals surface area contributed by atoms with Crippen molar-refractivity contribution in [2.45, 2.75) is 44.1 Å². The van der Waals surface area contributed by atoms with Crippen LogP contribution in [0.1, 0.15) is 44.1 Å². The first kappa shape index (κ1) is 23.9. The first-order valence-corrected chi connectivity index (χ1v) is 13.2. The summed E-state index contributed by atoms with van der Waals surface area (Å²) in [6.45, 7) is 2.01. The van der Waals surface area contributed by atoms with Gasteiger partial charge in [0.15, 0.2) is 11.6 Å². The van der Waals surface area contributed by atoms with Gasteiger partial charge in [0, 0.05) is 13.1 Å². The van der Waals surface area contributed by atoms with Crippen molar-refractivity contribution in [3.63, 3.8) is 0 Å². The molecule has 3 fully saturated rings. The standard InChI is InChI=1S/C22H31FN4O5S/c23-18-7-6-17(12-19(18)32-14-16-4-5-16)22(8-9-24-15-22)26-33(30,31)11-3-1-2-10-27-13-20(28)25-21(27)29/h6-7,12,16,24,26H,1-5,8-11,13-15H2,(H,25,28,29). The minimum absolute atomic E-state index is 0.0495. The summed E-state index contributed by atoms with van der Waals surface area (Å²) >= 11 is 0. The van der Waals surface area contributed by atoms with Gasteiger partial charge in [-0.05, 0) is 62.3 Å². The third-order valence-corrected chi connectivity index (χ3v) is 7.90. The number of imide groups is 1. The summed E-state index contributed by atoms with van der Waals surface area (Å²) in [5, 5.41) is 5.43. The maximum Gasteiger partial charge on any atom is 0.324 e. The Kier molecular flexibility index (Phi) is 7.20. The molecule has 3 N–H and O–H groups in total. The summed E-state index contributed by atoms with van der Waals surface area (Å²) in [4.78, 5) is 24.2. The summed E-state index contributed by atoms with van der Waals surface area (Å²) in [5.74, 6) is -0.171. The number of nitrogens with zero attached hydrogens (tertiary/aromatic N) is 1. The fraction of sp³-hybridized carbons (Fsp3) is 0.636. The molecule has 3 aliphatic rings. The van der Waals surface area contributed by atoms with Crippen LogP contribution < -0.4 is 20.1 Å².